The first-order chi connectivity index (χ1) is 16.4. The lowest BCUT2D eigenvalue weighted by Gasteiger charge is -2.49. The predicted octanol–water partition coefficient (Wildman–Crippen LogP) is 2.71. The van der Waals surface area contributed by atoms with Gasteiger partial charge in [0.15, 0.2) is 0 Å². The van der Waals surface area contributed by atoms with Crippen LogP contribution in [-0.2, 0) is 4.79 Å². The van der Waals surface area contributed by atoms with E-state index in [0.717, 1.165) is 44.3 Å². The van der Waals surface area contributed by atoms with Gasteiger partial charge in [0.25, 0.3) is 11.8 Å². The molecule has 2 unspecified atom stereocenters. The number of benzene rings is 1. The monoisotopic (exact) mass is 467 g/mol. The van der Waals surface area contributed by atoms with Crippen LogP contribution in [-0.4, -0.2) is 90.8 Å². The molecule has 1 saturated heterocycles. The van der Waals surface area contributed by atoms with Crippen LogP contribution in [0.15, 0.2) is 35.5 Å². The van der Waals surface area contributed by atoms with Crippen molar-refractivity contribution in [2.24, 2.45) is 5.92 Å². The van der Waals surface area contributed by atoms with Gasteiger partial charge in [0, 0.05) is 55.9 Å². The molecular formula is C26H34FN5O2. The van der Waals surface area contributed by atoms with Crippen LogP contribution >= 0.6 is 0 Å². The summed E-state index contributed by atoms with van der Waals surface area (Å²) in [5.41, 5.74) is 1.65. The number of nitriles is 1. The van der Waals surface area contributed by atoms with Crippen LogP contribution in [0.5, 0.6) is 0 Å². The molecule has 8 heteroatoms. The number of rotatable bonds is 6. The fourth-order valence-corrected chi connectivity index (χ4v) is 5.64. The molecule has 4 rings (SSSR count). The number of amides is 2. The summed E-state index contributed by atoms with van der Waals surface area (Å²) < 4.78 is 13.2. The minimum absolute atomic E-state index is 0.114. The molecule has 1 aromatic rings. The second-order valence-corrected chi connectivity index (χ2v) is 9.77. The minimum Gasteiger partial charge on any atom is -0.370 e. The summed E-state index contributed by atoms with van der Waals surface area (Å²) in [6.07, 6.45) is 5.06. The van der Waals surface area contributed by atoms with E-state index in [1.807, 2.05) is 19.0 Å². The highest BCUT2D eigenvalue weighted by molar-refractivity contribution is 5.99. The highest BCUT2D eigenvalue weighted by Gasteiger charge is 2.44. The minimum atomic E-state index is -0.364. The Balaban J connectivity index is 1.51. The summed E-state index contributed by atoms with van der Waals surface area (Å²) in [6.45, 7) is 3.78. The number of piperazine rings is 1. The molecule has 34 heavy (non-hydrogen) atoms. The van der Waals surface area contributed by atoms with E-state index in [9.17, 15) is 19.2 Å². The fraction of sp³-hybridized carbons (Fsp3) is 0.577. The molecule has 0 spiro atoms. The molecule has 7 nitrogen and oxygen atoms in total. The fourth-order valence-electron chi connectivity index (χ4n) is 5.64. The Kier molecular flexibility index (Phi) is 7.52. The maximum absolute atomic E-state index is 13.4. The number of hydrogen-bond donors (Lipinski definition) is 0. The summed E-state index contributed by atoms with van der Waals surface area (Å²) >= 11 is 0. The second kappa shape index (κ2) is 10.6. The number of carbonyl (C=O) groups excluding carboxylic acids is 2. The molecular weight excluding hydrogens is 433 g/mol. The van der Waals surface area contributed by atoms with E-state index >= 15 is 0 Å². The van der Waals surface area contributed by atoms with E-state index in [4.69, 9.17) is 0 Å². The summed E-state index contributed by atoms with van der Waals surface area (Å²) in [4.78, 5) is 34.3. The highest BCUT2D eigenvalue weighted by atomic mass is 19.1. The molecule has 1 aliphatic carbocycles. The summed E-state index contributed by atoms with van der Waals surface area (Å²) in [6, 6.07) is 8.02. The average molecular weight is 468 g/mol. The van der Waals surface area contributed by atoms with E-state index in [1.54, 1.807) is 4.90 Å². The molecule has 2 atom stereocenters. The molecule has 182 valence electrons. The van der Waals surface area contributed by atoms with Gasteiger partial charge in [-0.1, -0.05) is 12.8 Å². The number of halogens is 1. The van der Waals surface area contributed by atoms with Crippen molar-refractivity contribution in [3.63, 3.8) is 0 Å². The number of hydrogen-bond acceptors (Lipinski definition) is 5. The van der Waals surface area contributed by atoms with Gasteiger partial charge >= 0.3 is 0 Å². The third kappa shape index (κ3) is 4.95. The van der Waals surface area contributed by atoms with E-state index in [1.165, 1.54) is 24.3 Å². The first kappa shape index (κ1) is 24.2. The molecule has 0 bridgehead atoms. The van der Waals surface area contributed by atoms with Gasteiger partial charge in [-0.05, 0) is 64.2 Å². The van der Waals surface area contributed by atoms with Crippen LogP contribution in [0.25, 0.3) is 0 Å². The Morgan fingerprint density at radius 3 is 2.44 bits per heavy atom. The smallest absolute Gasteiger partial charge is 0.266 e. The van der Waals surface area contributed by atoms with Crippen molar-refractivity contribution in [2.75, 3.05) is 53.4 Å². The molecule has 2 fully saturated rings. The molecule has 0 aromatic heterocycles. The summed E-state index contributed by atoms with van der Waals surface area (Å²) in [5.74, 6) is -0.433. The largest absolute Gasteiger partial charge is 0.370 e. The SMILES string of the molecule is CN(C)CCCN1C(=O)C(C#N)=C(N2CCN(C(=O)c3ccc(F)cc3)CC2)C2CCCCC21. The van der Waals surface area contributed by atoms with Gasteiger partial charge in [-0.2, -0.15) is 5.26 Å². The van der Waals surface area contributed by atoms with Crippen molar-refractivity contribution in [1.82, 2.24) is 19.6 Å². The quantitative estimate of drug-likeness (QED) is 0.643. The third-order valence-electron chi connectivity index (χ3n) is 7.33. The zero-order chi connectivity index (χ0) is 24.2. The predicted molar refractivity (Wildman–Crippen MR) is 127 cm³/mol. The molecule has 3 aliphatic rings. The lowest BCUT2D eigenvalue weighted by Crippen LogP contribution is -2.56. The van der Waals surface area contributed by atoms with Gasteiger partial charge in [-0.15, -0.1) is 0 Å². The number of fused-ring (bicyclic) bond motifs is 1. The topological polar surface area (TPSA) is 70.9 Å². The highest BCUT2D eigenvalue weighted by Crippen LogP contribution is 2.41. The van der Waals surface area contributed by atoms with Crippen molar-refractivity contribution in [1.29, 1.82) is 5.26 Å². The Hall–Kier alpha value is -2.92. The van der Waals surface area contributed by atoms with Crippen molar-refractivity contribution in [3.05, 3.63) is 46.9 Å². The first-order valence-electron chi connectivity index (χ1n) is 12.3. The standard InChI is InChI=1S/C26H34FN5O2/c1-29(2)12-5-13-32-23-7-4-3-6-21(23)24(22(18-28)26(32)34)30-14-16-31(17-15-30)25(33)19-8-10-20(27)11-9-19/h8-11,21,23H,3-7,12-17H2,1-2H3. The van der Waals surface area contributed by atoms with Gasteiger partial charge in [0.05, 0.1) is 0 Å². The zero-order valence-corrected chi connectivity index (χ0v) is 20.2. The zero-order valence-electron chi connectivity index (χ0n) is 20.2. The van der Waals surface area contributed by atoms with Crippen molar-refractivity contribution in [2.45, 2.75) is 38.1 Å². The van der Waals surface area contributed by atoms with E-state index in [0.29, 0.717) is 38.3 Å². The average Bonchev–Trinajstić information content (AvgIpc) is 2.85. The van der Waals surface area contributed by atoms with E-state index in [-0.39, 0.29) is 35.2 Å². The van der Waals surface area contributed by atoms with Crippen LogP contribution < -0.4 is 0 Å². The molecule has 0 radical (unpaired) electrons. The molecule has 2 heterocycles. The molecule has 2 aliphatic heterocycles. The van der Waals surface area contributed by atoms with Crippen LogP contribution in [0.2, 0.25) is 0 Å². The normalized spacial score (nSPS) is 23.3. The second-order valence-electron chi connectivity index (χ2n) is 9.77. The van der Waals surface area contributed by atoms with Gasteiger partial charge in [-0.25, -0.2) is 4.39 Å². The lowest BCUT2D eigenvalue weighted by molar-refractivity contribution is -0.132. The van der Waals surface area contributed by atoms with Crippen molar-refractivity contribution < 1.29 is 14.0 Å². The van der Waals surface area contributed by atoms with Gasteiger partial charge in [-0.3, -0.25) is 9.59 Å². The maximum Gasteiger partial charge on any atom is 0.266 e. The van der Waals surface area contributed by atoms with Crippen LogP contribution in [0.4, 0.5) is 4.39 Å². The van der Waals surface area contributed by atoms with Gasteiger partial charge in [0.1, 0.15) is 17.5 Å². The van der Waals surface area contributed by atoms with Crippen LogP contribution in [0, 0.1) is 23.1 Å². The molecule has 1 aromatic carbocycles. The van der Waals surface area contributed by atoms with Gasteiger partial charge in [0.2, 0.25) is 0 Å². The van der Waals surface area contributed by atoms with E-state index in [2.05, 4.69) is 15.9 Å². The number of nitrogens with zero attached hydrogens (tertiary/aromatic N) is 5. The van der Waals surface area contributed by atoms with Gasteiger partial charge < -0.3 is 19.6 Å². The van der Waals surface area contributed by atoms with Crippen molar-refractivity contribution >= 4 is 11.8 Å². The van der Waals surface area contributed by atoms with Crippen LogP contribution in [0.1, 0.15) is 42.5 Å². The van der Waals surface area contributed by atoms with E-state index < -0.39 is 0 Å². The first-order valence-corrected chi connectivity index (χ1v) is 12.3. The molecule has 1 saturated carbocycles. The Bertz CT molecular complexity index is 976. The van der Waals surface area contributed by atoms with Crippen molar-refractivity contribution in [3.8, 4) is 6.07 Å². The summed E-state index contributed by atoms with van der Waals surface area (Å²) in [5, 5.41) is 10.0. The third-order valence-corrected chi connectivity index (χ3v) is 7.33. The lowest BCUT2D eigenvalue weighted by atomic mass is 9.76. The molecule has 2 amide bonds. The Labute approximate surface area is 201 Å². The number of carbonyl (C=O) groups is 2. The van der Waals surface area contributed by atoms with Crippen LogP contribution in [0.3, 0.4) is 0 Å². The molecule has 0 N–H and O–H groups in total. The Morgan fingerprint density at radius 2 is 1.79 bits per heavy atom. The maximum atomic E-state index is 13.4. The summed E-state index contributed by atoms with van der Waals surface area (Å²) in [7, 11) is 4.06. The Morgan fingerprint density at radius 1 is 1.12 bits per heavy atom.